The van der Waals surface area contributed by atoms with Crippen LogP contribution >= 0.6 is 0 Å². The molecule has 3 aromatic rings. The molecule has 5 rings (SSSR count). The lowest BCUT2D eigenvalue weighted by molar-refractivity contribution is 0.0376. The third kappa shape index (κ3) is 3.23. The molecule has 3 unspecified atom stereocenters. The van der Waals surface area contributed by atoms with Gasteiger partial charge in [0.25, 0.3) is 0 Å². The van der Waals surface area contributed by atoms with Crippen LogP contribution in [0.3, 0.4) is 0 Å². The molecular formula is C20H26N6O3. The summed E-state index contributed by atoms with van der Waals surface area (Å²) in [7, 11) is 0. The lowest BCUT2D eigenvalue weighted by atomic mass is 9.93. The molecule has 0 aromatic carbocycles. The van der Waals surface area contributed by atoms with Gasteiger partial charge in [-0.25, -0.2) is 9.78 Å². The highest BCUT2D eigenvalue weighted by Crippen LogP contribution is 2.42. The van der Waals surface area contributed by atoms with Crippen LogP contribution in [0.15, 0.2) is 18.5 Å². The molecule has 154 valence electrons. The minimum atomic E-state index is -0.305. The molecule has 1 aliphatic heterocycles. The van der Waals surface area contributed by atoms with E-state index in [1.165, 1.54) is 0 Å². The second-order valence-electron chi connectivity index (χ2n) is 8.19. The molecule has 2 fully saturated rings. The quantitative estimate of drug-likeness (QED) is 0.702. The van der Waals surface area contributed by atoms with Crippen LogP contribution in [0, 0.1) is 5.92 Å². The molecule has 3 aromatic heterocycles. The molecule has 2 N–H and O–H groups in total. The Kier molecular flexibility index (Phi) is 4.61. The second-order valence-corrected chi connectivity index (χ2v) is 8.19. The van der Waals surface area contributed by atoms with Crippen molar-refractivity contribution in [1.82, 2.24) is 29.5 Å². The second kappa shape index (κ2) is 7.29. The van der Waals surface area contributed by atoms with E-state index in [4.69, 9.17) is 4.74 Å². The van der Waals surface area contributed by atoms with Gasteiger partial charge < -0.3 is 19.7 Å². The van der Waals surface area contributed by atoms with Crippen LogP contribution in [0.25, 0.3) is 16.8 Å². The number of aliphatic hydroxyl groups is 1. The van der Waals surface area contributed by atoms with E-state index in [9.17, 15) is 9.90 Å². The van der Waals surface area contributed by atoms with E-state index in [0.29, 0.717) is 31.8 Å². The van der Waals surface area contributed by atoms with E-state index in [1.807, 2.05) is 12.3 Å². The summed E-state index contributed by atoms with van der Waals surface area (Å²) in [5.74, 6) is 1.47. The van der Waals surface area contributed by atoms with Gasteiger partial charge in [0, 0.05) is 25.2 Å². The standard InChI is InChI=1S/C20H26N6O3/c1-2-12-9-14(29-20(28)25-7-4-13(27)5-8-25)10-15(12)19-24-23-17-11-22-18-16(26(17)19)3-6-21-18/h3,6,11-15,21,27H,2,4-5,7-10H2,1H3. The van der Waals surface area contributed by atoms with Crippen molar-refractivity contribution in [3.63, 3.8) is 0 Å². The Hall–Kier alpha value is -2.68. The normalized spacial score (nSPS) is 25.9. The van der Waals surface area contributed by atoms with Gasteiger partial charge in [0.15, 0.2) is 11.3 Å². The third-order valence-corrected chi connectivity index (χ3v) is 6.46. The fraction of sp³-hybridized carbons (Fsp3) is 0.600. The number of nitrogens with one attached hydrogen (secondary N) is 1. The first-order valence-electron chi connectivity index (χ1n) is 10.4. The fourth-order valence-corrected chi connectivity index (χ4v) is 4.84. The smallest absolute Gasteiger partial charge is 0.410 e. The molecule has 29 heavy (non-hydrogen) atoms. The molecule has 3 atom stereocenters. The van der Waals surface area contributed by atoms with E-state index >= 15 is 0 Å². The summed E-state index contributed by atoms with van der Waals surface area (Å²) in [6.45, 7) is 3.28. The molecule has 1 aliphatic carbocycles. The van der Waals surface area contributed by atoms with E-state index in [2.05, 4.69) is 31.5 Å². The number of aromatic amines is 1. The Balaban J connectivity index is 1.37. The molecule has 0 spiro atoms. The maximum absolute atomic E-state index is 12.6. The number of hydrogen-bond acceptors (Lipinski definition) is 6. The zero-order valence-electron chi connectivity index (χ0n) is 16.5. The summed E-state index contributed by atoms with van der Waals surface area (Å²) >= 11 is 0. The van der Waals surface area contributed by atoms with Crippen molar-refractivity contribution in [3.05, 3.63) is 24.3 Å². The minimum Gasteiger partial charge on any atom is -0.446 e. The van der Waals surface area contributed by atoms with Crippen LogP contribution in [0.4, 0.5) is 4.79 Å². The Labute approximate surface area is 168 Å². The Morgan fingerprint density at radius 3 is 2.93 bits per heavy atom. The largest absolute Gasteiger partial charge is 0.446 e. The summed E-state index contributed by atoms with van der Waals surface area (Å²) in [6.07, 6.45) is 6.71. The van der Waals surface area contributed by atoms with Gasteiger partial charge in [-0.05, 0) is 37.7 Å². The van der Waals surface area contributed by atoms with Crippen molar-refractivity contribution in [2.24, 2.45) is 5.92 Å². The van der Waals surface area contributed by atoms with Crippen molar-refractivity contribution in [2.75, 3.05) is 13.1 Å². The first-order chi connectivity index (χ1) is 14.1. The molecule has 9 heteroatoms. The average Bonchev–Trinajstić information content (AvgIpc) is 3.44. The molecule has 9 nitrogen and oxygen atoms in total. The van der Waals surface area contributed by atoms with Gasteiger partial charge in [-0.3, -0.25) is 4.40 Å². The number of aliphatic hydroxyl groups excluding tert-OH is 1. The molecule has 4 heterocycles. The Morgan fingerprint density at radius 2 is 2.14 bits per heavy atom. The van der Waals surface area contributed by atoms with Crippen LogP contribution in [0.2, 0.25) is 0 Å². The highest BCUT2D eigenvalue weighted by atomic mass is 16.6. The Morgan fingerprint density at radius 1 is 1.31 bits per heavy atom. The molecule has 2 aliphatic rings. The highest BCUT2D eigenvalue weighted by molar-refractivity contribution is 5.74. The number of carbonyl (C=O) groups is 1. The molecule has 1 saturated heterocycles. The van der Waals surface area contributed by atoms with Gasteiger partial charge in [-0.1, -0.05) is 13.3 Å². The number of likely N-dealkylation sites (tertiary alicyclic amines) is 1. The van der Waals surface area contributed by atoms with E-state index in [1.54, 1.807) is 11.1 Å². The predicted octanol–water partition coefficient (Wildman–Crippen LogP) is 2.47. The highest BCUT2D eigenvalue weighted by Gasteiger charge is 2.39. The lowest BCUT2D eigenvalue weighted by Gasteiger charge is -2.29. The molecule has 1 amide bonds. The van der Waals surface area contributed by atoms with Gasteiger partial charge in [0.05, 0.1) is 17.8 Å². The fourth-order valence-electron chi connectivity index (χ4n) is 4.84. The van der Waals surface area contributed by atoms with Gasteiger partial charge in [-0.2, -0.15) is 0 Å². The van der Waals surface area contributed by atoms with Crippen molar-refractivity contribution in [1.29, 1.82) is 0 Å². The first kappa shape index (κ1) is 18.4. The van der Waals surface area contributed by atoms with Gasteiger partial charge in [0.2, 0.25) is 0 Å². The average molecular weight is 398 g/mol. The number of rotatable bonds is 3. The maximum atomic E-state index is 12.6. The number of piperidine rings is 1. The number of H-pyrrole nitrogens is 1. The van der Waals surface area contributed by atoms with Gasteiger partial charge in [0.1, 0.15) is 11.9 Å². The molecular weight excluding hydrogens is 372 g/mol. The van der Waals surface area contributed by atoms with Crippen LogP contribution in [0.1, 0.15) is 50.8 Å². The van der Waals surface area contributed by atoms with Crippen molar-refractivity contribution in [2.45, 2.75) is 57.2 Å². The zero-order valence-corrected chi connectivity index (χ0v) is 16.5. The van der Waals surface area contributed by atoms with Gasteiger partial charge >= 0.3 is 6.09 Å². The third-order valence-electron chi connectivity index (χ3n) is 6.46. The summed E-state index contributed by atoms with van der Waals surface area (Å²) in [5.41, 5.74) is 2.50. The lowest BCUT2D eigenvalue weighted by Crippen LogP contribution is -2.41. The molecule has 0 radical (unpaired) electrons. The van der Waals surface area contributed by atoms with Crippen LogP contribution in [0.5, 0.6) is 0 Å². The van der Waals surface area contributed by atoms with Crippen LogP contribution in [-0.2, 0) is 4.74 Å². The van der Waals surface area contributed by atoms with Crippen molar-refractivity contribution >= 4 is 22.9 Å². The summed E-state index contributed by atoms with van der Waals surface area (Å²) in [4.78, 5) is 21.8. The van der Waals surface area contributed by atoms with E-state index in [0.717, 1.165) is 41.9 Å². The first-order valence-corrected chi connectivity index (χ1v) is 10.4. The molecule has 0 bridgehead atoms. The molecule has 1 saturated carbocycles. The predicted molar refractivity (Wildman–Crippen MR) is 105 cm³/mol. The van der Waals surface area contributed by atoms with E-state index in [-0.39, 0.29) is 24.2 Å². The van der Waals surface area contributed by atoms with Crippen LogP contribution < -0.4 is 0 Å². The number of aromatic nitrogens is 5. The summed E-state index contributed by atoms with van der Waals surface area (Å²) in [5, 5.41) is 18.5. The maximum Gasteiger partial charge on any atom is 0.410 e. The topological polar surface area (TPSA) is 109 Å². The SMILES string of the molecule is CCC1CC(OC(=O)N2CCC(O)CC2)CC1c1nnc2cnc3[nH]ccc3n12. The zero-order chi connectivity index (χ0) is 20.0. The number of carbonyl (C=O) groups excluding carboxylic acids is 1. The summed E-state index contributed by atoms with van der Waals surface area (Å²) in [6, 6.07) is 1.99. The summed E-state index contributed by atoms with van der Waals surface area (Å²) < 4.78 is 7.93. The monoisotopic (exact) mass is 398 g/mol. The number of fused-ring (bicyclic) bond motifs is 3. The number of amides is 1. The van der Waals surface area contributed by atoms with Gasteiger partial charge in [-0.15, -0.1) is 10.2 Å². The minimum absolute atomic E-state index is 0.125. The van der Waals surface area contributed by atoms with Crippen LogP contribution in [-0.4, -0.2) is 66.0 Å². The number of hydrogen-bond donors (Lipinski definition) is 2. The number of ether oxygens (including phenoxy) is 1. The van der Waals surface area contributed by atoms with Crippen molar-refractivity contribution < 1.29 is 14.6 Å². The van der Waals surface area contributed by atoms with Crippen molar-refractivity contribution in [3.8, 4) is 0 Å². The Bertz CT molecular complexity index is 1020. The van der Waals surface area contributed by atoms with E-state index < -0.39 is 0 Å². The number of nitrogens with zero attached hydrogens (tertiary/aromatic N) is 5.